The van der Waals surface area contributed by atoms with Gasteiger partial charge in [0.15, 0.2) is 0 Å². The fraction of sp³-hybridized carbons (Fsp3) is 0.167. The smallest absolute Gasteiger partial charge is 0.0596 e. The summed E-state index contributed by atoms with van der Waals surface area (Å²) in [5.74, 6) is 0. The summed E-state index contributed by atoms with van der Waals surface area (Å²) < 4.78 is 1.79. The second-order valence-electron chi connectivity index (χ2n) is 3.70. The Kier molecular flexibility index (Phi) is 2.72. The molecule has 0 saturated heterocycles. The van der Waals surface area contributed by atoms with Crippen molar-refractivity contribution in [1.29, 1.82) is 0 Å². The van der Waals surface area contributed by atoms with Crippen molar-refractivity contribution in [3.8, 4) is 11.1 Å². The van der Waals surface area contributed by atoms with E-state index in [1.54, 1.807) is 4.68 Å². The van der Waals surface area contributed by atoms with Crippen LogP contribution in [0.4, 0.5) is 5.69 Å². The van der Waals surface area contributed by atoms with Crippen LogP contribution in [0, 0.1) is 6.92 Å². The van der Waals surface area contributed by atoms with Crippen LogP contribution in [0.5, 0.6) is 0 Å². The molecule has 4 heteroatoms. The van der Waals surface area contributed by atoms with E-state index in [0.717, 1.165) is 22.4 Å². The van der Waals surface area contributed by atoms with Gasteiger partial charge in [0.05, 0.1) is 11.9 Å². The number of aryl methyl sites for hydroxylation is 2. The second kappa shape index (κ2) is 4.18. The summed E-state index contributed by atoms with van der Waals surface area (Å²) in [4.78, 5) is 0. The van der Waals surface area contributed by atoms with Crippen LogP contribution in [0.3, 0.4) is 0 Å². The van der Waals surface area contributed by atoms with E-state index in [4.69, 9.17) is 0 Å². The average molecular weight is 214 g/mol. The molecule has 0 fully saturated rings. The molecule has 4 nitrogen and oxygen atoms in total. The summed E-state index contributed by atoms with van der Waals surface area (Å²) >= 11 is 0. The molecule has 1 aromatic carbocycles. The van der Waals surface area contributed by atoms with Gasteiger partial charge in [-0.25, -0.2) is 0 Å². The number of benzene rings is 1. The number of hydrogen-bond donors (Lipinski definition) is 1. The molecule has 0 aliphatic rings. The minimum absolute atomic E-state index is 0.969. The number of hydrazone groups is 1. The molecule has 2 aromatic rings. The lowest BCUT2D eigenvalue weighted by molar-refractivity contribution is 0.768. The Morgan fingerprint density at radius 2 is 2.19 bits per heavy atom. The van der Waals surface area contributed by atoms with E-state index in [9.17, 15) is 0 Å². The Morgan fingerprint density at radius 3 is 2.81 bits per heavy atom. The number of hydrogen-bond acceptors (Lipinski definition) is 3. The van der Waals surface area contributed by atoms with E-state index in [0.29, 0.717) is 0 Å². The van der Waals surface area contributed by atoms with Gasteiger partial charge in [-0.05, 0) is 24.1 Å². The maximum absolute atomic E-state index is 4.15. The normalized spacial score (nSPS) is 10.1. The highest BCUT2D eigenvalue weighted by molar-refractivity contribution is 5.69. The van der Waals surface area contributed by atoms with Crippen LogP contribution in [0.1, 0.15) is 5.56 Å². The first-order valence-corrected chi connectivity index (χ1v) is 5.02. The molecular weight excluding hydrogens is 200 g/mol. The molecule has 0 atom stereocenters. The van der Waals surface area contributed by atoms with Crippen molar-refractivity contribution >= 4 is 12.4 Å². The first-order valence-electron chi connectivity index (χ1n) is 5.02. The van der Waals surface area contributed by atoms with Crippen LogP contribution in [0.25, 0.3) is 11.1 Å². The Balaban J connectivity index is 2.42. The Labute approximate surface area is 94.6 Å². The summed E-state index contributed by atoms with van der Waals surface area (Å²) in [6.45, 7) is 5.45. The third-order valence-corrected chi connectivity index (χ3v) is 2.48. The highest BCUT2D eigenvalue weighted by atomic mass is 15.3. The van der Waals surface area contributed by atoms with E-state index in [1.165, 1.54) is 0 Å². The molecule has 0 saturated carbocycles. The number of nitrogens with zero attached hydrogens (tertiary/aromatic N) is 3. The van der Waals surface area contributed by atoms with E-state index >= 15 is 0 Å². The van der Waals surface area contributed by atoms with Gasteiger partial charge in [0.2, 0.25) is 0 Å². The molecule has 1 N–H and O–H groups in total. The summed E-state index contributed by atoms with van der Waals surface area (Å²) in [7, 11) is 1.90. The Morgan fingerprint density at radius 1 is 1.38 bits per heavy atom. The molecule has 1 aromatic heterocycles. The van der Waals surface area contributed by atoms with Gasteiger partial charge >= 0.3 is 0 Å². The maximum Gasteiger partial charge on any atom is 0.0596 e. The van der Waals surface area contributed by atoms with Crippen LogP contribution in [0.15, 0.2) is 35.7 Å². The van der Waals surface area contributed by atoms with Gasteiger partial charge in [0, 0.05) is 25.5 Å². The van der Waals surface area contributed by atoms with Gasteiger partial charge in [-0.2, -0.15) is 10.2 Å². The zero-order valence-electron chi connectivity index (χ0n) is 9.44. The first kappa shape index (κ1) is 10.4. The molecule has 0 spiro atoms. The van der Waals surface area contributed by atoms with Gasteiger partial charge in [-0.1, -0.05) is 12.1 Å². The average Bonchev–Trinajstić information content (AvgIpc) is 2.69. The van der Waals surface area contributed by atoms with Crippen LogP contribution in [0.2, 0.25) is 0 Å². The SMILES string of the molecule is C=NNc1cc(-c2cnn(C)c2)ccc1C. The Hall–Kier alpha value is -2.10. The summed E-state index contributed by atoms with van der Waals surface area (Å²) in [5.41, 5.74) is 7.20. The van der Waals surface area contributed by atoms with Crippen LogP contribution in [-0.2, 0) is 7.05 Å². The monoisotopic (exact) mass is 214 g/mol. The third kappa shape index (κ3) is 1.95. The molecule has 0 radical (unpaired) electrons. The van der Waals surface area contributed by atoms with Crippen molar-refractivity contribution in [1.82, 2.24) is 9.78 Å². The molecule has 2 rings (SSSR count). The molecule has 0 aliphatic heterocycles. The minimum Gasteiger partial charge on any atom is -0.279 e. The van der Waals surface area contributed by atoms with Gasteiger partial charge in [-0.15, -0.1) is 0 Å². The lowest BCUT2D eigenvalue weighted by atomic mass is 10.1. The summed E-state index contributed by atoms with van der Waals surface area (Å²) in [6.07, 6.45) is 3.82. The van der Waals surface area contributed by atoms with E-state index < -0.39 is 0 Å². The number of rotatable bonds is 3. The zero-order chi connectivity index (χ0) is 11.5. The maximum atomic E-state index is 4.15. The molecule has 82 valence electrons. The van der Waals surface area contributed by atoms with Crippen molar-refractivity contribution in [3.63, 3.8) is 0 Å². The van der Waals surface area contributed by atoms with Crippen molar-refractivity contribution in [2.45, 2.75) is 6.92 Å². The number of nitrogens with one attached hydrogen (secondary N) is 1. The van der Waals surface area contributed by atoms with E-state index in [1.807, 2.05) is 32.4 Å². The molecule has 1 heterocycles. The first-order chi connectivity index (χ1) is 7.70. The van der Waals surface area contributed by atoms with Gasteiger partial charge in [0.25, 0.3) is 0 Å². The highest BCUT2D eigenvalue weighted by Crippen LogP contribution is 2.24. The molecular formula is C12H14N4. The standard InChI is InChI=1S/C12H14N4/c1-9-4-5-10(6-12(9)15-13-2)11-7-14-16(3)8-11/h4-8,15H,2H2,1,3H3. The fourth-order valence-corrected chi connectivity index (χ4v) is 1.58. The molecule has 0 amide bonds. The van der Waals surface area contributed by atoms with Crippen LogP contribution >= 0.6 is 0 Å². The molecule has 0 bridgehead atoms. The van der Waals surface area contributed by atoms with Gasteiger partial charge in [0.1, 0.15) is 0 Å². The summed E-state index contributed by atoms with van der Waals surface area (Å²) in [5, 5.41) is 7.84. The predicted molar refractivity (Wildman–Crippen MR) is 66.6 cm³/mol. The molecule has 16 heavy (non-hydrogen) atoms. The van der Waals surface area contributed by atoms with Crippen LogP contribution in [-0.4, -0.2) is 16.5 Å². The quantitative estimate of drug-likeness (QED) is 0.629. The van der Waals surface area contributed by atoms with Crippen molar-refractivity contribution in [2.24, 2.45) is 12.1 Å². The second-order valence-corrected chi connectivity index (χ2v) is 3.70. The lowest BCUT2D eigenvalue weighted by Crippen LogP contribution is -1.90. The zero-order valence-corrected chi connectivity index (χ0v) is 9.44. The highest BCUT2D eigenvalue weighted by Gasteiger charge is 2.03. The number of anilines is 1. The predicted octanol–water partition coefficient (Wildman–Crippen LogP) is 2.42. The van der Waals surface area contributed by atoms with Crippen LogP contribution < -0.4 is 5.43 Å². The summed E-state index contributed by atoms with van der Waals surface area (Å²) in [6, 6.07) is 6.16. The number of aromatic nitrogens is 2. The largest absolute Gasteiger partial charge is 0.279 e. The van der Waals surface area contributed by atoms with E-state index in [2.05, 4.69) is 34.5 Å². The van der Waals surface area contributed by atoms with Crippen molar-refractivity contribution < 1.29 is 0 Å². The molecule has 0 unspecified atom stereocenters. The fourth-order valence-electron chi connectivity index (χ4n) is 1.58. The van der Waals surface area contributed by atoms with E-state index in [-0.39, 0.29) is 0 Å². The van der Waals surface area contributed by atoms with Gasteiger partial charge in [-0.3, -0.25) is 10.1 Å². The lowest BCUT2D eigenvalue weighted by Gasteiger charge is -2.06. The van der Waals surface area contributed by atoms with Crippen molar-refractivity contribution in [2.75, 3.05) is 5.43 Å². The molecule has 0 aliphatic carbocycles. The minimum atomic E-state index is 0.969. The third-order valence-electron chi connectivity index (χ3n) is 2.48. The van der Waals surface area contributed by atoms with Crippen molar-refractivity contribution in [3.05, 3.63) is 36.2 Å². The van der Waals surface area contributed by atoms with Gasteiger partial charge < -0.3 is 0 Å². The Bertz CT molecular complexity index is 513. The topological polar surface area (TPSA) is 42.2 Å².